The predicted octanol–water partition coefficient (Wildman–Crippen LogP) is 2.39. The monoisotopic (exact) mass is 238 g/mol. The van der Waals surface area contributed by atoms with Crippen LogP contribution in [0.25, 0.3) is 0 Å². The number of ether oxygens (including phenoxy) is 1. The third kappa shape index (κ3) is 2.75. The molecule has 0 saturated carbocycles. The molecule has 0 bridgehead atoms. The Balaban J connectivity index is 2.13. The molecule has 0 amide bonds. The van der Waals surface area contributed by atoms with Crippen LogP contribution in [0.3, 0.4) is 0 Å². The highest BCUT2D eigenvalue weighted by Gasteiger charge is 2.23. The number of pyridine rings is 1. The van der Waals surface area contributed by atoms with E-state index < -0.39 is 0 Å². The van der Waals surface area contributed by atoms with Crippen molar-refractivity contribution in [3.05, 3.63) is 23.8 Å². The summed E-state index contributed by atoms with van der Waals surface area (Å²) in [6.45, 7) is 8.26. The Labute approximate surface area is 102 Å². The predicted molar refractivity (Wildman–Crippen MR) is 65.7 cm³/mol. The van der Waals surface area contributed by atoms with Gasteiger partial charge in [0, 0.05) is 19.2 Å². The third-order valence-electron chi connectivity index (χ3n) is 3.21. The fraction of sp³-hybridized carbons (Fsp3) is 0.615. The van der Waals surface area contributed by atoms with E-state index in [9.17, 15) is 4.39 Å². The lowest BCUT2D eigenvalue weighted by molar-refractivity contribution is 0.0114. The van der Waals surface area contributed by atoms with Crippen molar-refractivity contribution in [2.75, 3.05) is 24.6 Å². The Bertz CT molecular complexity index is 395. The van der Waals surface area contributed by atoms with Crippen LogP contribution in [0.2, 0.25) is 0 Å². The molecule has 4 heteroatoms. The zero-order valence-corrected chi connectivity index (χ0v) is 10.6. The average Bonchev–Trinajstić information content (AvgIpc) is 2.33. The van der Waals surface area contributed by atoms with E-state index in [1.54, 1.807) is 19.2 Å². The Morgan fingerprint density at radius 3 is 2.94 bits per heavy atom. The first-order valence-electron chi connectivity index (χ1n) is 6.06. The molecule has 1 aliphatic heterocycles. The van der Waals surface area contributed by atoms with Crippen LogP contribution in [0, 0.1) is 18.7 Å². The molecule has 0 aromatic carbocycles. The highest BCUT2D eigenvalue weighted by Crippen LogP contribution is 2.21. The summed E-state index contributed by atoms with van der Waals surface area (Å²) < 4.78 is 19.2. The Hall–Kier alpha value is -1.16. The first-order chi connectivity index (χ1) is 8.08. The van der Waals surface area contributed by atoms with Gasteiger partial charge in [0.05, 0.1) is 30.3 Å². The topological polar surface area (TPSA) is 25.4 Å². The van der Waals surface area contributed by atoms with Crippen LogP contribution in [0.1, 0.15) is 19.5 Å². The van der Waals surface area contributed by atoms with Crippen molar-refractivity contribution < 1.29 is 9.13 Å². The van der Waals surface area contributed by atoms with Crippen LogP contribution < -0.4 is 4.90 Å². The fourth-order valence-corrected chi connectivity index (χ4v) is 1.98. The number of halogens is 1. The van der Waals surface area contributed by atoms with Crippen molar-refractivity contribution in [2.45, 2.75) is 26.9 Å². The van der Waals surface area contributed by atoms with Gasteiger partial charge in [0.1, 0.15) is 5.82 Å². The molecule has 1 aromatic rings. The zero-order chi connectivity index (χ0) is 12.4. The number of hydrogen-bond donors (Lipinski definition) is 0. The quantitative estimate of drug-likeness (QED) is 0.791. The number of hydrogen-bond acceptors (Lipinski definition) is 3. The maximum atomic E-state index is 13.5. The highest BCUT2D eigenvalue weighted by molar-refractivity contribution is 5.45. The summed E-state index contributed by atoms with van der Waals surface area (Å²) in [6.07, 6.45) is 1.95. The second kappa shape index (κ2) is 5.00. The molecule has 2 heterocycles. The summed E-state index contributed by atoms with van der Waals surface area (Å²) in [5.74, 6) is 0.233. The number of rotatable bonds is 2. The van der Waals surface area contributed by atoms with Crippen molar-refractivity contribution in [3.8, 4) is 0 Å². The molecular formula is C13H19FN2O. The van der Waals surface area contributed by atoms with Gasteiger partial charge in [-0.25, -0.2) is 4.39 Å². The number of morpholine rings is 1. The molecule has 1 aliphatic rings. The SMILES string of the molecule is Cc1ncc(N2CCOC(C(C)C)C2)cc1F. The molecule has 17 heavy (non-hydrogen) atoms. The summed E-state index contributed by atoms with van der Waals surface area (Å²) in [4.78, 5) is 6.21. The molecule has 94 valence electrons. The van der Waals surface area contributed by atoms with Gasteiger partial charge >= 0.3 is 0 Å². The van der Waals surface area contributed by atoms with Crippen LogP contribution in [0.5, 0.6) is 0 Å². The van der Waals surface area contributed by atoms with Crippen LogP contribution >= 0.6 is 0 Å². The van der Waals surface area contributed by atoms with Crippen molar-refractivity contribution in [1.82, 2.24) is 4.98 Å². The maximum Gasteiger partial charge on any atom is 0.146 e. The normalized spacial score (nSPS) is 21.0. The summed E-state index contributed by atoms with van der Waals surface area (Å²) in [5, 5.41) is 0. The van der Waals surface area contributed by atoms with Gasteiger partial charge in [-0.2, -0.15) is 0 Å². The largest absolute Gasteiger partial charge is 0.374 e. The minimum atomic E-state index is -0.241. The fourth-order valence-electron chi connectivity index (χ4n) is 1.98. The highest BCUT2D eigenvalue weighted by atomic mass is 19.1. The van der Waals surface area contributed by atoms with Gasteiger partial charge in [-0.1, -0.05) is 13.8 Å². The smallest absolute Gasteiger partial charge is 0.146 e. The number of aromatic nitrogens is 1. The molecule has 1 fully saturated rings. The van der Waals surface area contributed by atoms with E-state index in [2.05, 4.69) is 23.7 Å². The van der Waals surface area contributed by atoms with Crippen molar-refractivity contribution in [1.29, 1.82) is 0 Å². The average molecular weight is 238 g/mol. The van der Waals surface area contributed by atoms with E-state index in [-0.39, 0.29) is 11.9 Å². The van der Waals surface area contributed by atoms with E-state index in [0.717, 1.165) is 18.8 Å². The molecule has 0 spiro atoms. The Morgan fingerprint density at radius 1 is 1.53 bits per heavy atom. The Kier molecular flexibility index (Phi) is 3.62. The molecule has 3 nitrogen and oxygen atoms in total. The van der Waals surface area contributed by atoms with Gasteiger partial charge < -0.3 is 9.64 Å². The second-order valence-corrected chi connectivity index (χ2v) is 4.86. The molecule has 1 unspecified atom stereocenters. The third-order valence-corrected chi connectivity index (χ3v) is 3.21. The summed E-state index contributed by atoms with van der Waals surface area (Å²) in [7, 11) is 0. The van der Waals surface area contributed by atoms with E-state index >= 15 is 0 Å². The van der Waals surface area contributed by atoms with Crippen LogP contribution in [-0.2, 0) is 4.74 Å². The minimum Gasteiger partial charge on any atom is -0.374 e. The molecule has 0 aliphatic carbocycles. The van der Waals surface area contributed by atoms with Crippen LogP contribution in [-0.4, -0.2) is 30.8 Å². The molecular weight excluding hydrogens is 219 g/mol. The summed E-state index contributed by atoms with van der Waals surface area (Å²) >= 11 is 0. The molecule has 0 N–H and O–H groups in total. The lowest BCUT2D eigenvalue weighted by Crippen LogP contribution is -2.44. The van der Waals surface area contributed by atoms with Gasteiger partial charge in [-0.15, -0.1) is 0 Å². The van der Waals surface area contributed by atoms with E-state index in [1.807, 2.05) is 0 Å². The van der Waals surface area contributed by atoms with Gasteiger partial charge in [-0.05, 0) is 12.8 Å². The summed E-state index contributed by atoms with van der Waals surface area (Å²) in [6, 6.07) is 1.56. The number of anilines is 1. The lowest BCUT2D eigenvalue weighted by atomic mass is 10.1. The van der Waals surface area contributed by atoms with Crippen LogP contribution in [0.15, 0.2) is 12.3 Å². The maximum absolute atomic E-state index is 13.5. The van der Waals surface area contributed by atoms with Gasteiger partial charge in [0.15, 0.2) is 0 Å². The molecule has 0 radical (unpaired) electrons. The van der Waals surface area contributed by atoms with Crippen molar-refractivity contribution >= 4 is 5.69 Å². The van der Waals surface area contributed by atoms with E-state index in [1.165, 1.54) is 0 Å². The van der Waals surface area contributed by atoms with E-state index in [0.29, 0.717) is 18.2 Å². The number of nitrogens with zero attached hydrogens (tertiary/aromatic N) is 2. The Morgan fingerprint density at radius 2 is 2.29 bits per heavy atom. The second-order valence-electron chi connectivity index (χ2n) is 4.86. The molecule has 1 aromatic heterocycles. The van der Waals surface area contributed by atoms with Crippen molar-refractivity contribution in [2.24, 2.45) is 5.92 Å². The first kappa shape index (κ1) is 12.3. The van der Waals surface area contributed by atoms with Gasteiger partial charge in [0.25, 0.3) is 0 Å². The van der Waals surface area contributed by atoms with Crippen LogP contribution in [0.4, 0.5) is 10.1 Å². The zero-order valence-electron chi connectivity index (χ0n) is 10.6. The molecule has 2 rings (SSSR count). The first-order valence-corrected chi connectivity index (χ1v) is 6.06. The van der Waals surface area contributed by atoms with Gasteiger partial charge in [-0.3, -0.25) is 4.98 Å². The number of aryl methyl sites for hydroxylation is 1. The summed E-state index contributed by atoms with van der Waals surface area (Å²) in [5.41, 5.74) is 1.30. The minimum absolute atomic E-state index is 0.216. The molecule has 1 saturated heterocycles. The van der Waals surface area contributed by atoms with Gasteiger partial charge in [0.2, 0.25) is 0 Å². The molecule has 1 atom stereocenters. The van der Waals surface area contributed by atoms with Crippen molar-refractivity contribution in [3.63, 3.8) is 0 Å². The van der Waals surface area contributed by atoms with E-state index in [4.69, 9.17) is 4.74 Å². The standard InChI is InChI=1S/C13H19FN2O/c1-9(2)13-8-16(4-5-17-13)11-6-12(14)10(3)15-7-11/h6-7,9,13H,4-5,8H2,1-3H3. The lowest BCUT2D eigenvalue weighted by Gasteiger charge is -2.36.